The van der Waals surface area contributed by atoms with Crippen LogP contribution in [0.25, 0.3) is 11.2 Å². The summed E-state index contributed by atoms with van der Waals surface area (Å²) >= 11 is 0. The number of hydrogen-bond donors (Lipinski definition) is 2. The SMILES string of the molecule is CCNc1nc(N2CC(C)OC(C)C2)c2[nH]cnc2n1. The zero-order valence-electron chi connectivity index (χ0n) is 12.1. The van der Waals surface area contributed by atoms with Crippen LogP contribution in [-0.4, -0.2) is 51.8 Å². The van der Waals surface area contributed by atoms with Gasteiger partial charge in [-0.25, -0.2) is 4.98 Å². The van der Waals surface area contributed by atoms with Crippen molar-refractivity contribution in [1.29, 1.82) is 0 Å². The molecule has 2 aromatic rings. The summed E-state index contributed by atoms with van der Waals surface area (Å²) in [6.07, 6.45) is 2.04. The topological polar surface area (TPSA) is 79.0 Å². The molecule has 20 heavy (non-hydrogen) atoms. The Morgan fingerprint density at radius 1 is 1.35 bits per heavy atom. The Balaban J connectivity index is 2.02. The Labute approximate surface area is 117 Å². The van der Waals surface area contributed by atoms with Crippen molar-refractivity contribution >= 4 is 22.9 Å². The Morgan fingerprint density at radius 3 is 2.80 bits per heavy atom. The molecule has 1 aliphatic heterocycles. The molecule has 2 aromatic heterocycles. The quantitative estimate of drug-likeness (QED) is 0.882. The van der Waals surface area contributed by atoms with Gasteiger partial charge in [0.2, 0.25) is 5.95 Å². The molecule has 1 fully saturated rings. The number of hydrogen-bond acceptors (Lipinski definition) is 6. The molecule has 3 heterocycles. The fraction of sp³-hybridized carbons (Fsp3) is 0.615. The zero-order valence-corrected chi connectivity index (χ0v) is 12.1. The molecule has 0 saturated carbocycles. The molecular weight excluding hydrogens is 256 g/mol. The lowest BCUT2D eigenvalue weighted by molar-refractivity contribution is -0.00537. The molecule has 0 radical (unpaired) electrons. The maximum Gasteiger partial charge on any atom is 0.226 e. The summed E-state index contributed by atoms with van der Waals surface area (Å²) in [5.74, 6) is 1.51. The average Bonchev–Trinajstić information content (AvgIpc) is 2.85. The molecule has 2 atom stereocenters. The van der Waals surface area contributed by atoms with Gasteiger partial charge in [0.15, 0.2) is 11.5 Å². The molecule has 1 saturated heterocycles. The van der Waals surface area contributed by atoms with Gasteiger partial charge in [0, 0.05) is 19.6 Å². The predicted molar refractivity (Wildman–Crippen MR) is 78.1 cm³/mol. The fourth-order valence-electron chi connectivity index (χ4n) is 2.63. The van der Waals surface area contributed by atoms with E-state index in [9.17, 15) is 0 Å². The number of H-pyrrole nitrogens is 1. The maximum atomic E-state index is 5.78. The molecule has 0 amide bonds. The van der Waals surface area contributed by atoms with Gasteiger partial charge in [0.1, 0.15) is 5.52 Å². The molecule has 0 aromatic carbocycles. The van der Waals surface area contributed by atoms with Crippen LogP contribution in [0.3, 0.4) is 0 Å². The zero-order chi connectivity index (χ0) is 14.1. The van der Waals surface area contributed by atoms with Crippen LogP contribution in [0.5, 0.6) is 0 Å². The minimum Gasteiger partial charge on any atom is -0.372 e. The lowest BCUT2D eigenvalue weighted by Gasteiger charge is -2.36. The second-order valence-electron chi connectivity index (χ2n) is 5.16. The number of fused-ring (bicyclic) bond motifs is 1. The van der Waals surface area contributed by atoms with Crippen LogP contribution in [0.4, 0.5) is 11.8 Å². The van der Waals surface area contributed by atoms with E-state index in [4.69, 9.17) is 4.74 Å². The van der Waals surface area contributed by atoms with Crippen LogP contribution in [-0.2, 0) is 4.74 Å². The van der Waals surface area contributed by atoms with Gasteiger partial charge in [-0.05, 0) is 20.8 Å². The second kappa shape index (κ2) is 5.24. The number of morpholine rings is 1. The first-order valence-corrected chi connectivity index (χ1v) is 7.02. The number of nitrogens with zero attached hydrogens (tertiary/aromatic N) is 4. The number of anilines is 2. The van der Waals surface area contributed by atoms with Gasteiger partial charge >= 0.3 is 0 Å². The molecular formula is C13H20N6O. The summed E-state index contributed by atoms with van der Waals surface area (Å²) in [6, 6.07) is 0. The summed E-state index contributed by atoms with van der Waals surface area (Å²) in [6.45, 7) is 8.61. The molecule has 0 spiro atoms. The van der Waals surface area contributed by atoms with Gasteiger partial charge < -0.3 is 19.9 Å². The monoisotopic (exact) mass is 276 g/mol. The molecule has 3 rings (SSSR count). The van der Waals surface area contributed by atoms with Gasteiger partial charge in [-0.3, -0.25) is 0 Å². The molecule has 108 valence electrons. The van der Waals surface area contributed by atoms with Crippen molar-refractivity contribution in [2.45, 2.75) is 33.0 Å². The molecule has 1 aliphatic rings. The van der Waals surface area contributed by atoms with Crippen LogP contribution in [0.2, 0.25) is 0 Å². The van der Waals surface area contributed by atoms with Crippen LogP contribution < -0.4 is 10.2 Å². The number of nitrogens with one attached hydrogen (secondary N) is 2. The van der Waals surface area contributed by atoms with Gasteiger partial charge in [0.25, 0.3) is 0 Å². The van der Waals surface area contributed by atoms with Crippen LogP contribution in [0.15, 0.2) is 6.33 Å². The van der Waals surface area contributed by atoms with E-state index in [0.29, 0.717) is 11.6 Å². The first-order chi connectivity index (χ1) is 9.67. The highest BCUT2D eigenvalue weighted by molar-refractivity contribution is 5.84. The molecule has 7 nitrogen and oxygen atoms in total. The number of ether oxygens (including phenoxy) is 1. The number of aromatic amines is 1. The fourth-order valence-corrected chi connectivity index (χ4v) is 2.63. The number of imidazole rings is 1. The van der Waals surface area contributed by atoms with Gasteiger partial charge in [-0.15, -0.1) is 0 Å². The highest BCUT2D eigenvalue weighted by Gasteiger charge is 2.25. The smallest absolute Gasteiger partial charge is 0.226 e. The van der Waals surface area contributed by atoms with Gasteiger partial charge in [0.05, 0.1) is 18.5 Å². The Bertz CT molecular complexity index is 588. The van der Waals surface area contributed by atoms with E-state index in [2.05, 4.69) is 44.0 Å². The molecule has 0 bridgehead atoms. The third kappa shape index (κ3) is 2.40. The molecule has 2 N–H and O–H groups in total. The van der Waals surface area contributed by atoms with E-state index >= 15 is 0 Å². The molecule has 0 aliphatic carbocycles. The summed E-state index contributed by atoms with van der Waals surface area (Å²) in [7, 11) is 0. The van der Waals surface area contributed by atoms with Crippen LogP contribution in [0, 0.1) is 0 Å². The second-order valence-corrected chi connectivity index (χ2v) is 5.16. The van der Waals surface area contributed by atoms with Crippen molar-refractivity contribution in [2.24, 2.45) is 0 Å². The third-order valence-electron chi connectivity index (χ3n) is 3.32. The maximum absolute atomic E-state index is 5.78. The Morgan fingerprint density at radius 2 is 2.10 bits per heavy atom. The lowest BCUT2D eigenvalue weighted by atomic mass is 10.2. The van der Waals surface area contributed by atoms with Gasteiger partial charge in [-0.1, -0.05) is 0 Å². The van der Waals surface area contributed by atoms with E-state index in [1.807, 2.05) is 6.92 Å². The molecule has 7 heteroatoms. The summed E-state index contributed by atoms with van der Waals surface area (Å²) < 4.78 is 5.78. The van der Waals surface area contributed by atoms with E-state index in [1.54, 1.807) is 6.33 Å². The summed E-state index contributed by atoms with van der Waals surface area (Å²) in [5, 5.41) is 3.16. The first kappa shape index (κ1) is 13.1. The van der Waals surface area contributed by atoms with Crippen LogP contribution >= 0.6 is 0 Å². The normalized spacial score (nSPS) is 23.2. The van der Waals surface area contributed by atoms with Crippen molar-refractivity contribution in [2.75, 3.05) is 29.9 Å². The van der Waals surface area contributed by atoms with Crippen molar-refractivity contribution in [1.82, 2.24) is 19.9 Å². The van der Waals surface area contributed by atoms with Crippen molar-refractivity contribution in [3.05, 3.63) is 6.33 Å². The van der Waals surface area contributed by atoms with Crippen molar-refractivity contribution in [3.63, 3.8) is 0 Å². The highest BCUT2D eigenvalue weighted by atomic mass is 16.5. The minimum absolute atomic E-state index is 0.189. The number of aromatic nitrogens is 4. The Hall–Kier alpha value is -1.89. The summed E-state index contributed by atoms with van der Waals surface area (Å²) in [5.41, 5.74) is 1.57. The van der Waals surface area contributed by atoms with E-state index in [1.165, 1.54) is 0 Å². The first-order valence-electron chi connectivity index (χ1n) is 7.02. The van der Waals surface area contributed by atoms with Gasteiger partial charge in [-0.2, -0.15) is 9.97 Å². The standard InChI is InChI=1S/C13H20N6O/c1-4-14-13-17-11-10(15-7-16-11)12(18-13)19-5-8(2)20-9(3)6-19/h7-9H,4-6H2,1-3H3,(H2,14,15,16,17,18). The Kier molecular flexibility index (Phi) is 3.43. The summed E-state index contributed by atoms with van der Waals surface area (Å²) in [4.78, 5) is 18.7. The largest absolute Gasteiger partial charge is 0.372 e. The van der Waals surface area contributed by atoms with Crippen molar-refractivity contribution < 1.29 is 4.74 Å². The number of rotatable bonds is 3. The van der Waals surface area contributed by atoms with E-state index in [-0.39, 0.29) is 12.2 Å². The minimum atomic E-state index is 0.189. The van der Waals surface area contributed by atoms with Crippen molar-refractivity contribution in [3.8, 4) is 0 Å². The average molecular weight is 276 g/mol. The third-order valence-corrected chi connectivity index (χ3v) is 3.32. The predicted octanol–water partition coefficient (Wildman–Crippen LogP) is 1.40. The van der Waals surface area contributed by atoms with E-state index in [0.717, 1.165) is 31.0 Å². The highest BCUT2D eigenvalue weighted by Crippen LogP contribution is 2.25. The van der Waals surface area contributed by atoms with E-state index < -0.39 is 0 Å². The van der Waals surface area contributed by atoms with Crippen LogP contribution in [0.1, 0.15) is 20.8 Å². The molecule has 2 unspecified atom stereocenters. The lowest BCUT2D eigenvalue weighted by Crippen LogP contribution is -2.46.